The average molecular weight is 325 g/mol. The van der Waals surface area contributed by atoms with Crippen molar-refractivity contribution >= 4 is 21.9 Å². The molecule has 2 rings (SSSR count). The lowest BCUT2D eigenvalue weighted by Gasteiger charge is -2.07. The maximum Gasteiger partial charge on any atom is 0.338 e. The highest BCUT2D eigenvalue weighted by molar-refractivity contribution is 9.10. The van der Waals surface area contributed by atoms with Crippen LogP contribution in [0.15, 0.2) is 46.9 Å². The highest BCUT2D eigenvalue weighted by atomic mass is 79.9. The summed E-state index contributed by atoms with van der Waals surface area (Å²) < 4.78 is 19.6. The summed E-state index contributed by atoms with van der Waals surface area (Å²) in [6, 6.07) is 11.2. The van der Waals surface area contributed by atoms with Crippen molar-refractivity contribution in [2.45, 2.75) is 6.61 Å². The van der Waals surface area contributed by atoms with Crippen LogP contribution in [0, 0.1) is 5.82 Å². The molecular formula is C14H10BrFO3. The third-order valence-corrected chi connectivity index (χ3v) is 2.96. The van der Waals surface area contributed by atoms with Gasteiger partial charge in [0.05, 0.1) is 5.56 Å². The van der Waals surface area contributed by atoms with Crippen LogP contribution in [0.25, 0.3) is 0 Å². The zero-order valence-electron chi connectivity index (χ0n) is 9.77. The molecule has 0 radical (unpaired) electrons. The van der Waals surface area contributed by atoms with Gasteiger partial charge in [-0.05, 0) is 35.9 Å². The Morgan fingerprint density at radius 2 is 2.05 bits per heavy atom. The number of halogens is 2. The van der Waals surface area contributed by atoms with Gasteiger partial charge in [-0.3, -0.25) is 0 Å². The monoisotopic (exact) mass is 324 g/mol. The molecule has 0 aliphatic carbocycles. The lowest BCUT2D eigenvalue weighted by molar-refractivity contribution is 0.0691. The Morgan fingerprint density at radius 3 is 2.74 bits per heavy atom. The SMILES string of the molecule is O=C(O)c1cc(COc2cccc(Br)c2)ccc1F. The van der Waals surface area contributed by atoms with Gasteiger partial charge in [0, 0.05) is 4.47 Å². The molecule has 0 fully saturated rings. The molecule has 2 aromatic carbocycles. The van der Waals surface area contributed by atoms with Crippen LogP contribution in [0.4, 0.5) is 4.39 Å². The molecule has 3 nitrogen and oxygen atoms in total. The van der Waals surface area contributed by atoms with Crippen molar-refractivity contribution in [3.8, 4) is 5.75 Å². The number of hydrogen-bond donors (Lipinski definition) is 1. The molecular weight excluding hydrogens is 315 g/mol. The van der Waals surface area contributed by atoms with Gasteiger partial charge in [0.15, 0.2) is 0 Å². The number of carbonyl (C=O) groups is 1. The summed E-state index contributed by atoms with van der Waals surface area (Å²) in [6.45, 7) is 0.178. The summed E-state index contributed by atoms with van der Waals surface area (Å²) in [6.07, 6.45) is 0. The minimum atomic E-state index is -1.29. The molecule has 0 saturated heterocycles. The van der Waals surface area contributed by atoms with Gasteiger partial charge >= 0.3 is 5.97 Å². The number of rotatable bonds is 4. The Hall–Kier alpha value is -1.88. The summed E-state index contributed by atoms with van der Waals surface area (Å²) >= 11 is 3.32. The van der Waals surface area contributed by atoms with Gasteiger partial charge in [-0.15, -0.1) is 0 Å². The van der Waals surface area contributed by atoms with Gasteiger partial charge in [-0.25, -0.2) is 9.18 Å². The molecule has 98 valence electrons. The van der Waals surface area contributed by atoms with Crippen molar-refractivity contribution in [3.05, 3.63) is 63.9 Å². The molecule has 0 aliphatic heterocycles. The first kappa shape index (κ1) is 13.5. The van der Waals surface area contributed by atoms with E-state index in [0.29, 0.717) is 11.3 Å². The van der Waals surface area contributed by atoms with Crippen LogP contribution in [0.1, 0.15) is 15.9 Å². The molecule has 0 aromatic heterocycles. The maximum absolute atomic E-state index is 13.2. The zero-order chi connectivity index (χ0) is 13.8. The Labute approximate surface area is 117 Å². The first-order valence-electron chi connectivity index (χ1n) is 5.46. The second-order valence-corrected chi connectivity index (χ2v) is 4.78. The quantitative estimate of drug-likeness (QED) is 0.928. The molecule has 2 aromatic rings. The highest BCUT2D eigenvalue weighted by Crippen LogP contribution is 2.19. The Balaban J connectivity index is 2.12. The van der Waals surface area contributed by atoms with E-state index in [9.17, 15) is 9.18 Å². The van der Waals surface area contributed by atoms with Crippen LogP contribution < -0.4 is 4.74 Å². The molecule has 0 atom stereocenters. The van der Waals surface area contributed by atoms with Crippen LogP contribution in [0.2, 0.25) is 0 Å². The van der Waals surface area contributed by atoms with Gasteiger partial charge in [0.2, 0.25) is 0 Å². The fourth-order valence-electron chi connectivity index (χ4n) is 1.55. The number of aromatic carboxylic acids is 1. The molecule has 19 heavy (non-hydrogen) atoms. The van der Waals surface area contributed by atoms with Gasteiger partial charge < -0.3 is 9.84 Å². The molecule has 0 saturated carbocycles. The number of carboxylic acids is 1. The summed E-state index contributed by atoms with van der Waals surface area (Å²) in [5, 5.41) is 8.82. The van der Waals surface area contributed by atoms with E-state index in [1.54, 1.807) is 12.1 Å². The van der Waals surface area contributed by atoms with Crippen molar-refractivity contribution in [1.82, 2.24) is 0 Å². The van der Waals surface area contributed by atoms with Gasteiger partial charge in [-0.1, -0.05) is 28.1 Å². The second kappa shape index (κ2) is 5.84. The molecule has 0 spiro atoms. The van der Waals surface area contributed by atoms with E-state index in [1.165, 1.54) is 12.1 Å². The van der Waals surface area contributed by atoms with Crippen LogP contribution in [-0.2, 0) is 6.61 Å². The first-order valence-corrected chi connectivity index (χ1v) is 6.25. The van der Waals surface area contributed by atoms with Crippen molar-refractivity contribution in [2.75, 3.05) is 0 Å². The molecule has 0 unspecified atom stereocenters. The minimum Gasteiger partial charge on any atom is -0.489 e. The van der Waals surface area contributed by atoms with Crippen molar-refractivity contribution < 1.29 is 19.0 Å². The lowest BCUT2D eigenvalue weighted by Crippen LogP contribution is -2.03. The van der Waals surface area contributed by atoms with Gasteiger partial charge in [0.1, 0.15) is 18.2 Å². The zero-order valence-corrected chi connectivity index (χ0v) is 11.4. The lowest BCUT2D eigenvalue weighted by atomic mass is 10.1. The summed E-state index contributed by atoms with van der Waals surface area (Å²) in [4.78, 5) is 10.8. The van der Waals surface area contributed by atoms with E-state index < -0.39 is 11.8 Å². The predicted octanol–water partition coefficient (Wildman–Crippen LogP) is 3.87. The summed E-state index contributed by atoms with van der Waals surface area (Å²) in [5.74, 6) is -1.39. The number of ether oxygens (including phenoxy) is 1. The largest absolute Gasteiger partial charge is 0.489 e. The van der Waals surface area contributed by atoms with E-state index in [0.717, 1.165) is 10.5 Å². The maximum atomic E-state index is 13.2. The first-order chi connectivity index (χ1) is 9.06. The fourth-order valence-corrected chi connectivity index (χ4v) is 1.93. The smallest absolute Gasteiger partial charge is 0.338 e. The molecule has 0 aliphatic rings. The van der Waals surface area contributed by atoms with E-state index >= 15 is 0 Å². The topological polar surface area (TPSA) is 46.5 Å². The number of hydrogen-bond acceptors (Lipinski definition) is 2. The molecule has 0 bridgehead atoms. The Kier molecular flexibility index (Phi) is 4.16. The van der Waals surface area contributed by atoms with Crippen molar-refractivity contribution in [1.29, 1.82) is 0 Å². The predicted molar refractivity (Wildman–Crippen MR) is 71.8 cm³/mol. The van der Waals surface area contributed by atoms with Crippen LogP contribution in [0.5, 0.6) is 5.75 Å². The van der Waals surface area contributed by atoms with Crippen LogP contribution in [0.3, 0.4) is 0 Å². The normalized spacial score (nSPS) is 10.2. The summed E-state index contributed by atoms with van der Waals surface area (Å²) in [7, 11) is 0. The van der Waals surface area contributed by atoms with Gasteiger partial charge in [0.25, 0.3) is 0 Å². The average Bonchev–Trinajstić information content (AvgIpc) is 2.37. The van der Waals surface area contributed by atoms with E-state index in [2.05, 4.69) is 15.9 Å². The van der Waals surface area contributed by atoms with E-state index in [-0.39, 0.29) is 12.2 Å². The Bertz CT molecular complexity index is 613. The molecule has 1 N–H and O–H groups in total. The van der Waals surface area contributed by atoms with E-state index in [1.807, 2.05) is 12.1 Å². The third kappa shape index (κ3) is 3.54. The number of benzene rings is 2. The second-order valence-electron chi connectivity index (χ2n) is 3.87. The molecule has 0 heterocycles. The van der Waals surface area contributed by atoms with Crippen LogP contribution >= 0.6 is 15.9 Å². The Morgan fingerprint density at radius 1 is 1.26 bits per heavy atom. The minimum absolute atomic E-state index is 0.178. The van der Waals surface area contributed by atoms with E-state index in [4.69, 9.17) is 9.84 Å². The molecule has 5 heteroatoms. The van der Waals surface area contributed by atoms with Crippen molar-refractivity contribution in [2.24, 2.45) is 0 Å². The highest BCUT2D eigenvalue weighted by Gasteiger charge is 2.10. The van der Waals surface area contributed by atoms with Crippen molar-refractivity contribution in [3.63, 3.8) is 0 Å². The number of carboxylic acid groups (broad SMARTS) is 1. The third-order valence-electron chi connectivity index (χ3n) is 2.46. The summed E-state index contributed by atoms with van der Waals surface area (Å²) in [5.41, 5.74) is 0.245. The van der Waals surface area contributed by atoms with Crippen LogP contribution in [-0.4, -0.2) is 11.1 Å². The standard InChI is InChI=1S/C14H10BrFO3/c15-10-2-1-3-11(7-10)19-8-9-4-5-13(16)12(6-9)14(17)18/h1-7H,8H2,(H,17,18). The van der Waals surface area contributed by atoms with Gasteiger partial charge in [-0.2, -0.15) is 0 Å². The molecule has 0 amide bonds. The fraction of sp³-hybridized carbons (Fsp3) is 0.0714.